The number of carbonyl (C=O) groups excluding carboxylic acids is 1. The summed E-state index contributed by atoms with van der Waals surface area (Å²) in [7, 11) is 0. The summed E-state index contributed by atoms with van der Waals surface area (Å²) in [6, 6.07) is 16.3. The maximum absolute atomic E-state index is 12.3. The van der Waals surface area contributed by atoms with Crippen molar-refractivity contribution in [3.8, 4) is 5.75 Å². The summed E-state index contributed by atoms with van der Waals surface area (Å²) in [6.45, 7) is 0. The molecule has 3 rings (SSSR count). The van der Waals surface area contributed by atoms with Gasteiger partial charge in [0.15, 0.2) is 5.72 Å². The first-order valence-corrected chi connectivity index (χ1v) is 7.62. The third-order valence-corrected chi connectivity index (χ3v) is 3.65. The van der Waals surface area contributed by atoms with Gasteiger partial charge in [-0.25, -0.2) is 0 Å². The minimum absolute atomic E-state index is 0.122. The number of nitrogens with one attached hydrogen (secondary N) is 1. The van der Waals surface area contributed by atoms with Crippen molar-refractivity contribution >= 4 is 17.3 Å². The number of amides is 1. The molecular weight excluding hydrogens is 302 g/mol. The highest BCUT2D eigenvalue weighted by atomic mass is 16.5. The Hall–Kier alpha value is -3.05. The first-order chi connectivity index (χ1) is 11.5. The summed E-state index contributed by atoms with van der Waals surface area (Å²) in [5.41, 5.74) is 12.2. The van der Waals surface area contributed by atoms with Gasteiger partial charge in [-0.3, -0.25) is 10.5 Å². The van der Waals surface area contributed by atoms with Crippen LogP contribution in [0.5, 0.6) is 5.75 Å². The lowest BCUT2D eigenvalue weighted by atomic mass is 9.97. The van der Waals surface area contributed by atoms with Gasteiger partial charge in [0.25, 0.3) is 0 Å². The molecule has 2 aromatic rings. The predicted molar refractivity (Wildman–Crippen MR) is 95.2 cm³/mol. The first kappa shape index (κ1) is 15.8. The molecule has 5 heteroatoms. The maximum atomic E-state index is 12.3. The molecule has 0 fully saturated rings. The molecule has 5 N–H and O–H groups in total. The summed E-state index contributed by atoms with van der Waals surface area (Å²) in [6.07, 6.45) is 6.82. The number of benzene rings is 2. The van der Waals surface area contributed by atoms with E-state index in [0.29, 0.717) is 11.4 Å². The molecule has 0 spiro atoms. The zero-order valence-corrected chi connectivity index (χ0v) is 13.1. The molecule has 0 heterocycles. The molecule has 2 aromatic carbocycles. The second-order valence-corrected chi connectivity index (χ2v) is 5.62. The largest absolute Gasteiger partial charge is 0.466 e. The number of nitrogens with two attached hydrogens (primary N) is 2. The maximum Gasteiger partial charge on any atom is 0.235 e. The molecule has 0 aliphatic heterocycles. The summed E-state index contributed by atoms with van der Waals surface area (Å²) in [4.78, 5) is 12.3. The highest BCUT2D eigenvalue weighted by molar-refractivity contribution is 5.95. The van der Waals surface area contributed by atoms with Crippen molar-refractivity contribution in [3.05, 3.63) is 78.9 Å². The fourth-order valence-corrected chi connectivity index (χ4v) is 2.36. The van der Waals surface area contributed by atoms with E-state index in [-0.39, 0.29) is 5.91 Å². The van der Waals surface area contributed by atoms with Crippen LogP contribution in [0.4, 0.5) is 11.4 Å². The SMILES string of the molecule is Nc1ccc(OC2(N)C=CC(C(=O)Nc3ccccc3)C=C2)cc1. The monoisotopic (exact) mass is 321 g/mol. The molecule has 0 atom stereocenters. The quantitative estimate of drug-likeness (QED) is 0.459. The van der Waals surface area contributed by atoms with Gasteiger partial charge in [0.2, 0.25) is 5.91 Å². The standard InChI is InChI=1S/C19H19N3O2/c20-15-6-8-17(9-7-15)24-19(21)12-10-14(11-13-19)18(23)22-16-4-2-1-3-5-16/h1-14H,20-21H2,(H,22,23). The van der Waals surface area contributed by atoms with E-state index in [1.165, 1.54) is 0 Å². The van der Waals surface area contributed by atoms with Gasteiger partial charge in [0.1, 0.15) is 5.75 Å². The van der Waals surface area contributed by atoms with E-state index in [4.69, 9.17) is 16.2 Å². The third kappa shape index (κ3) is 3.83. The van der Waals surface area contributed by atoms with Gasteiger partial charge in [-0.15, -0.1) is 0 Å². The van der Waals surface area contributed by atoms with E-state index < -0.39 is 11.6 Å². The van der Waals surface area contributed by atoms with Crippen LogP contribution in [-0.4, -0.2) is 11.6 Å². The summed E-state index contributed by atoms with van der Waals surface area (Å²) in [5, 5.41) is 2.86. The van der Waals surface area contributed by atoms with E-state index in [1.807, 2.05) is 30.3 Å². The molecule has 0 unspecified atom stereocenters. The Morgan fingerprint density at radius 3 is 2.25 bits per heavy atom. The second kappa shape index (κ2) is 6.60. The van der Waals surface area contributed by atoms with Crippen LogP contribution in [0.1, 0.15) is 0 Å². The Bertz CT molecular complexity index is 753. The van der Waals surface area contributed by atoms with Crippen molar-refractivity contribution in [2.24, 2.45) is 11.7 Å². The minimum atomic E-state index is -1.08. The average Bonchev–Trinajstić information content (AvgIpc) is 2.58. The van der Waals surface area contributed by atoms with Gasteiger partial charge in [0, 0.05) is 11.4 Å². The van der Waals surface area contributed by atoms with Gasteiger partial charge < -0.3 is 15.8 Å². The lowest BCUT2D eigenvalue weighted by molar-refractivity contribution is -0.117. The smallest absolute Gasteiger partial charge is 0.235 e. The van der Waals surface area contributed by atoms with E-state index in [1.54, 1.807) is 48.6 Å². The normalized spacial score (nSPS) is 22.1. The molecule has 0 saturated heterocycles. The Labute approximate surface area is 140 Å². The van der Waals surface area contributed by atoms with Gasteiger partial charge in [-0.2, -0.15) is 0 Å². The van der Waals surface area contributed by atoms with E-state index in [2.05, 4.69) is 5.32 Å². The number of rotatable bonds is 4. The number of anilines is 2. The van der Waals surface area contributed by atoms with Crippen LogP contribution in [0.15, 0.2) is 78.9 Å². The molecular formula is C19H19N3O2. The van der Waals surface area contributed by atoms with Crippen LogP contribution in [-0.2, 0) is 4.79 Å². The first-order valence-electron chi connectivity index (χ1n) is 7.62. The van der Waals surface area contributed by atoms with E-state index in [9.17, 15) is 4.79 Å². The Balaban J connectivity index is 1.63. The number of nitrogen functional groups attached to an aromatic ring is 1. The number of hydrogen-bond acceptors (Lipinski definition) is 4. The fourth-order valence-electron chi connectivity index (χ4n) is 2.36. The topological polar surface area (TPSA) is 90.4 Å². The van der Waals surface area contributed by atoms with E-state index >= 15 is 0 Å². The average molecular weight is 321 g/mol. The van der Waals surface area contributed by atoms with Crippen LogP contribution >= 0.6 is 0 Å². The van der Waals surface area contributed by atoms with Crippen molar-refractivity contribution in [2.75, 3.05) is 11.1 Å². The zero-order chi connectivity index (χ0) is 17.0. The Morgan fingerprint density at radius 2 is 1.62 bits per heavy atom. The number of ether oxygens (including phenoxy) is 1. The molecule has 0 bridgehead atoms. The predicted octanol–water partition coefficient (Wildman–Crippen LogP) is 2.68. The molecule has 24 heavy (non-hydrogen) atoms. The number of hydrogen-bond donors (Lipinski definition) is 3. The van der Waals surface area contributed by atoms with Crippen LogP contribution in [0.3, 0.4) is 0 Å². The van der Waals surface area contributed by atoms with Crippen LogP contribution in [0.2, 0.25) is 0 Å². The van der Waals surface area contributed by atoms with Gasteiger partial charge in [-0.05, 0) is 48.6 Å². The van der Waals surface area contributed by atoms with Crippen LogP contribution in [0.25, 0.3) is 0 Å². The Kier molecular flexibility index (Phi) is 4.35. The van der Waals surface area contributed by atoms with Crippen LogP contribution in [0, 0.1) is 5.92 Å². The molecule has 0 radical (unpaired) electrons. The minimum Gasteiger partial charge on any atom is -0.466 e. The molecule has 0 aromatic heterocycles. The lowest BCUT2D eigenvalue weighted by Crippen LogP contribution is -2.43. The molecule has 0 saturated carbocycles. The molecule has 122 valence electrons. The summed E-state index contributed by atoms with van der Waals surface area (Å²) < 4.78 is 5.76. The highest BCUT2D eigenvalue weighted by Gasteiger charge is 2.26. The van der Waals surface area contributed by atoms with Crippen molar-refractivity contribution in [1.29, 1.82) is 0 Å². The molecule has 1 aliphatic carbocycles. The number of para-hydroxylation sites is 1. The molecule has 1 amide bonds. The van der Waals surface area contributed by atoms with Crippen molar-refractivity contribution in [2.45, 2.75) is 5.72 Å². The van der Waals surface area contributed by atoms with Crippen molar-refractivity contribution < 1.29 is 9.53 Å². The van der Waals surface area contributed by atoms with Crippen LogP contribution < -0.4 is 21.5 Å². The fraction of sp³-hybridized carbons (Fsp3) is 0.105. The summed E-state index contributed by atoms with van der Waals surface area (Å²) >= 11 is 0. The lowest BCUT2D eigenvalue weighted by Gasteiger charge is -2.27. The van der Waals surface area contributed by atoms with Gasteiger partial charge in [0.05, 0.1) is 5.92 Å². The molecule has 1 aliphatic rings. The third-order valence-electron chi connectivity index (χ3n) is 3.65. The summed E-state index contributed by atoms with van der Waals surface area (Å²) in [5.74, 6) is 0.0910. The number of carbonyl (C=O) groups is 1. The van der Waals surface area contributed by atoms with Crippen molar-refractivity contribution in [1.82, 2.24) is 0 Å². The van der Waals surface area contributed by atoms with E-state index in [0.717, 1.165) is 5.69 Å². The highest BCUT2D eigenvalue weighted by Crippen LogP contribution is 2.23. The molecule has 5 nitrogen and oxygen atoms in total. The van der Waals surface area contributed by atoms with Crippen molar-refractivity contribution in [3.63, 3.8) is 0 Å². The Morgan fingerprint density at radius 1 is 1.00 bits per heavy atom. The second-order valence-electron chi connectivity index (χ2n) is 5.62. The van der Waals surface area contributed by atoms with Gasteiger partial charge >= 0.3 is 0 Å². The zero-order valence-electron chi connectivity index (χ0n) is 13.1. The van der Waals surface area contributed by atoms with Gasteiger partial charge in [-0.1, -0.05) is 30.4 Å².